The zero-order chi connectivity index (χ0) is 36.7. The first-order chi connectivity index (χ1) is 27.8. The minimum atomic E-state index is 0.960. The van der Waals surface area contributed by atoms with E-state index in [0.29, 0.717) is 0 Å². The molecule has 0 N–H and O–H groups in total. The first-order valence-electron chi connectivity index (χ1n) is 19.2. The molecule has 0 radical (unpaired) electrons. The average Bonchev–Trinajstić information content (AvgIpc) is 3.79. The number of para-hydroxylation sites is 3. The maximum absolute atomic E-state index is 5.14. The van der Waals surface area contributed by atoms with Gasteiger partial charge in [-0.3, -0.25) is 0 Å². The number of hydrogen-bond acceptors (Lipinski definition) is 1. The van der Waals surface area contributed by atoms with Crippen LogP contribution in [0.3, 0.4) is 0 Å². The number of fused-ring (bicyclic) bond motifs is 11. The zero-order valence-corrected chi connectivity index (χ0v) is 30.4. The predicted molar refractivity (Wildman–Crippen MR) is 235 cm³/mol. The normalized spacial score (nSPS) is 11.9. The lowest BCUT2D eigenvalue weighted by Gasteiger charge is -2.13. The first kappa shape index (κ1) is 30.9. The fraction of sp³-hybridized carbons (Fsp3) is 0. The van der Waals surface area contributed by atoms with E-state index >= 15 is 0 Å². The Morgan fingerprint density at radius 2 is 0.661 bits per heavy atom. The molecule has 0 saturated heterocycles. The quantitative estimate of drug-likeness (QED) is 0.178. The third-order valence-electron chi connectivity index (χ3n) is 11.6. The molecule has 0 amide bonds. The highest BCUT2D eigenvalue weighted by molar-refractivity contribution is 6.25. The summed E-state index contributed by atoms with van der Waals surface area (Å²) in [6.45, 7) is 0. The Morgan fingerprint density at radius 3 is 1.20 bits per heavy atom. The molecular weight excluding hydrogens is 679 g/mol. The number of benzene rings is 8. The van der Waals surface area contributed by atoms with Gasteiger partial charge in [0.05, 0.1) is 44.5 Å². The lowest BCUT2D eigenvalue weighted by molar-refractivity contribution is 1.30. The molecule has 12 aromatic rings. The van der Waals surface area contributed by atoms with Crippen LogP contribution in [0.15, 0.2) is 200 Å². The number of nitrogens with zero attached hydrogens (tertiary/aromatic N) is 3. The minimum Gasteiger partial charge on any atom is -0.307 e. The van der Waals surface area contributed by atoms with Crippen LogP contribution in [0, 0.1) is 0 Å². The summed E-state index contributed by atoms with van der Waals surface area (Å²) in [5.41, 5.74) is 16.0. The molecule has 8 aromatic carbocycles. The summed E-state index contributed by atoms with van der Waals surface area (Å²) in [6.07, 6.45) is 0. The van der Waals surface area contributed by atoms with Gasteiger partial charge in [-0.05, 0) is 70.8 Å². The molecule has 4 aromatic heterocycles. The zero-order valence-electron chi connectivity index (χ0n) is 30.4. The molecule has 3 heteroatoms. The number of aromatic nitrogens is 3. The first-order valence-corrected chi connectivity index (χ1v) is 19.2. The molecule has 0 spiro atoms. The molecule has 3 nitrogen and oxygen atoms in total. The van der Waals surface area contributed by atoms with E-state index in [2.05, 4.69) is 209 Å². The van der Waals surface area contributed by atoms with Gasteiger partial charge in [0.15, 0.2) is 0 Å². The second-order valence-electron chi connectivity index (χ2n) is 14.8. The van der Waals surface area contributed by atoms with Crippen LogP contribution in [0.2, 0.25) is 0 Å². The van der Waals surface area contributed by atoms with E-state index in [9.17, 15) is 0 Å². The Labute approximate surface area is 323 Å². The average molecular weight is 712 g/mol. The number of rotatable bonds is 4. The van der Waals surface area contributed by atoms with Gasteiger partial charge in [-0.25, -0.2) is 4.98 Å². The van der Waals surface area contributed by atoms with Crippen LogP contribution in [0.25, 0.3) is 110 Å². The highest BCUT2D eigenvalue weighted by Crippen LogP contribution is 2.42. The van der Waals surface area contributed by atoms with Crippen LogP contribution in [0.5, 0.6) is 0 Å². The van der Waals surface area contributed by atoms with Gasteiger partial charge in [0.1, 0.15) is 0 Å². The van der Waals surface area contributed by atoms with Gasteiger partial charge < -0.3 is 8.80 Å². The van der Waals surface area contributed by atoms with Crippen molar-refractivity contribution in [1.29, 1.82) is 0 Å². The molecule has 0 aliphatic rings. The summed E-state index contributed by atoms with van der Waals surface area (Å²) in [5.74, 6) is 0. The van der Waals surface area contributed by atoms with E-state index in [4.69, 9.17) is 4.98 Å². The molecule has 260 valence electrons. The Hall–Kier alpha value is -7.49. The molecule has 12 rings (SSSR count). The molecule has 0 fully saturated rings. The molecule has 0 unspecified atom stereocenters. The van der Waals surface area contributed by atoms with Crippen LogP contribution in [0.4, 0.5) is 0 Å². The molecule has 0 aliphatic carbocycles. The van der Waals surface area contributed by atoms with Crippen molar-refractivity contribution in [2.45, 2.75) is 0 Å². The highest BCUT2D eigenvalue weighted by Gasteiger charge is 2.20. The van der Waals surface area contributed by atoms with Crippen molar-refractivity contribution in [1.82, 2.24) is 13.8 Å². The van der Waals surface area contributed by atoms with Gasteiger partial charge >= 0.3 is 0 Å². The summed E-state index contributed by atoms with van der Waals surface area (Å²) in [6, 6.07) is 72.7. The number of pyridine rings is 1. The molecule has 0 aliphatic heterocycles. The van der Waals surface area contributed by atoms with Gasteiger partial charge in [-0.2, -0.15) is 0 Å². The maximum Gasteiger partial charge on any atom is 0.0789 e. The van der Waals surface area contributed by atoms with Crippen LogP contribution in [-0.4, -0.2) is 13.8 Å². The summed E-state index contributed by atoms with van der Waals surface area (Å²) < 4.78 is 5.02. The lowest BCUT2D eigenvalue weighted by atomic mass is 9.95. The van der Waals surface area contributed by atoms with Crippen molar-refractivity contribution in [2.24, 2.45) is 0 Å². The van der Waals surface area contributed by atoms with Crippen LogP contribution in [-0.2, 0) is 0 Å². The largest absolute Gasteiger partial charge is 0.307 e. The van der Waals surface area contributed by atoms with Crippen LogP contribution >= 0.6 is 0 Å². The van der Waals surface area contributed by atoms with E-state index < -0.39 is 0 Å². The Bertz CT molecular complexity index is 3460. The number of hydrogen-bond donors (Lipinski definition) is 0. The van der Waals surface area contributed by atoms with Crippen molar-refractivity contribution >= 4 is 65.4 Å². The standard InChI is InChI=1S/C53H33N3/c1-3-14-34(15-4-1)46-32-39(33-47(54-46)35-16-5-2-6-17-35)37-19-13-18-36(30-37)38-26-29-51-45(31-38)42-22-9-12-25-50(42)55-48-23-10-7-20-40(48)43-27-28-44-41-21-8-11-24-49(41)56(51)53(44)52(43)55/h1-33H. The van der Waals surface area contributed by atoms with E-state index in [1.54, 1.807) is 0 Å². The summed E-state index contributed by atoms with van der Waals surface area (Å²) in [7, 11) is 0. The summed E-state index contributed by atoms with van der Waals surface area (Å²) >= 11 is 0. The van der Waals surface area contributed by atoms with Gasteiger partial charge in [0.25, 0.3) is 0 Å². The monoisotopic (exact) mass is 711 g/mol. The second-order valence-corrected chi connectivity index (χ2v) is 14.8. The highest BCUT2D eigenvalue weighted by atomic mass is 15.0. The Morgan fingerprint density at radius 1 is 0.250 bits per heavy atom. The smallest absolute Gasteiger partial charge is 0.0789 e. The van der Waals surface area contributed by atoms with Crippen LogP contribution < -0.4 is 0 Å². The minimum absolute atomic E-state index is 0.960. The second kappa shape index (κ2) is 12.0. The maximum atomic E-state index is 5.14. The molecule has 0 bridgehead atoms. The SMILES string of the molecule is c1ccc(-c2cc(-c3cccc(-c4ccc5c(c4)c4ccccc4n4c6ccccc6c6ccc7c8ccccc8n5c7c64)c3)cc(-c3ccccc3)n2)cc1. The van der Waals surface area contributed by atoms with Crippen molar-refractivity contribution < 1.29 is 0 Å². The van der Waals surface area contributed by atoms with Gasteiger partial charge in [-0.1, -0.05) is 152 Å². The molecule has 0 atom stereocenters. The summed E-state index contributed by atoms with van der Waals surface area (Å²) in [4.78, 5) is 5.14. The van der Waals surface area contributed by atoms with Gasteiger partial charge in [0, 0.05) is 43.4 Å². The third-order valence-corrected chi connectivity index (χ3v) is 11.6. The molecule has 4 heterocycles. The fourth-order valence-electron chi connectivity index (χ4n) is 9.11. The predicted octanol–water partition coefficient (Wildman–Crippen LogP) is 14.0. The lowest BCUT2D eigenvalue weighted by Crippen LogP contribution is -1.94. The fourth-order valence-corrected chi connectivity index (χ4v) is 9.11. The van der Waals surface area contributed by atoms with Crippen LogP contribution in [0.1, 0.15) is 0 Å². The van der Waals surface area contributed by atoms with E-state index in [-0.39, 0.29) is 0 Å². The molecule has 56 heavy (non-hydrogen) atoms. The Kier molecular flexibility index (Phi) is 6.63. The van der Waals surface area contributed by atoms with Crippen molar-refractivity contribution in [2.75, 3.05) is 0 Å². The topological polar surface area (TPSA) is 21.7 Å². The van der Waals surface area contributed by atoms with E-state index in [1.807, 2.05) is 0 Å². The molecular formula is C53H33N3. The van der Waals surface area contributed by atoms with Crippen molar-refractivity contribution in [3.05, 3.63) is 200 Å². The van der Waals surface area contributed by atoms with E-state index in [1.165, 1.54) is 76.5 Å². The van der Waals surface area contributed by atoms with E-state index in [0.717, 1.165) is 33.6 Å². The van der Waals surface area contributed by atoms with Gasteiger partial charge in [-0.15, -0.1) is 0 Å². The summed E-state index contributed by atoms with van der Waals surface area (Å²) in [5, 5.41) is 7.47. The Balaban J connectivity index is 1.14. The third kappa shape index (κ3) is 4.55. The van der Waals surface area contributed by atoms with Gasteiger partial charge in [0.2, 0.25) is 0 Å². The molecule has 0 saturated carbocycles. The van der Waals surface area contributed by atoms with Crippen molar-refractivity contribution in [3.63, 3.8) is 0 Å². The van der Waals surface area contributed by atoms with Crippen molar-refractivity contribution in [3.8, 4) is 44.8 Å².